The normalized spacial score (nSPS) is 19.5. The van der Waals surface area contributed by atoms with Gasteiger partial charge in [0.05, 0.1) is 17.9 Å². The summed E-state index contributed by atoms with van der Waals surface area (Å²) in [5.41, 5.74) is 6.21. The van der Waals surface area contributed by atoms with Gasteiger partial charge in [-0.1, -0.05) is 6.07 Å². The summed E-state index contributed by atoms with van der Waals surface area (Å²) in [6.07, 6.45) is 10.8. The number of fused-ring (bicyclic) bond motifs is 2. The summed E-state index contributed by atoms with van der Waals surface area (Å²) in [4.78, 5) is 15.4. The first kappa shape index (κ1) is 27.4. The fraction of sp³-hybridized carbons (Fsp3) is 0.600. The summed E-state index contributed by atoms with van der Waals surface area (Å²) >= 11 is 0. The van der Waals surface area contributed by atoms with Crippen molar-refractivity contribution in [3.63, 3.8) is 0 Å². The molecule has 36 heavy (non-hydrogen) atoms. The topological polar surface area (TPSA) is 99.6 Å². The first-order chi connectivity index (χ1) is 16.7. The van der Waals surface area contributed by atoms with E-state index in [4.69, 9.17) is 0 Å². The number of amides is 2. The second-order valence-corrected chi connectivity index (χ2v) is 11.9. The molecule has 192 valence electrons. The predicted octanol–water partition coefficient (Wildman–Crippen LogP) is 2.49. The maximum atomic E-state index is 13.7. The number of hydrogen-bond acceptors (Lipinski definition) is 5. The van der Waals surface area contributed by atoms with Crippen LogP contribution < -0.4 is 14.3 Å². The number of likely N-dealkylation sites (tertiary alicyclic amines) is 1. The standard InChI is InChI=1S/C25H36N6O3S.Na.H/c1-17(2)30-12-6-9-20(16-30)31(21-14-26-29(3)15-21)35(33,34)28-25(32)27-24-22-10-4-7-18(22)13-19-8-5-11-23(19)24;;/h13-15,17,20H,4-12,16H2,1-3H3,(H2,27,28,32);;. The zero-order valence-corrected chi connectivity index (χ0v) is 21.7. The molecule has 1 unspecified atom stereocenters. The van der Waals surface area contributed by atoms with Crippen LogP contribution in [0.3, 0.4) is 0 Å². The Morgan fingerprint density at radius 2 is 1.78 bits per heavy atom. The van der Waals surface area contributed by atoms with Crippen molar-refractivity contribution in [2.75, 3.05) is 22.7 Å². The Morgan fingerprint density at radius 1 is 1.11 bits per heavy atom. The molecule has 0 bridgehead atoms. The minimum absolute atomic E-state index is 0. The van der Waals surface area contributed by atoms with E-state index in [2.05, 4.69) is 40.0 Å². The van der Waals surface area contributed by atoms with Crippen molar-refractivity contribution >= 4 is 57.2 Å². The quantitative estimate of drug-likeness (QED) is 0.566. The molecule has 2 amide bonds. The number of aryl methyl sites for hydroxylation is 3. The summed E-state index contributed by atoms with van der Waals surface area (Å²) in [6, 6.07) is 1.61. The van der Waals surface area contributed by atoms with Crippen LogP contribution >= 0.6 is 0 Å². The molecule has 0 radical (unpaired) electrons. The molecule has 1 aromatic carbocycles. The van der Waals surface area contributed by atoms with Gasteiger partial charge in [0, 0.05) is 31.5 Å². The summed E-state index contributed by atoms with van der Waals surface area (Å²) in [5.74, 6) is 0. The Balaban J connectivity index is 0.00000304. The molecule has 2 aliphatic carbocycles. The zero-order valence-electron chi connectivity index (χ0n) is 20.9. The zero-order chi connectivity index (χ0) is 24.7. The number of urea groups is 1. The Labute approximate surface area is 236 Å². The predicted molar refractivity (Wildman–Crippen MR) is 144 cm³/mol. The number of carbonyl (C=O) groups is 1. The molecule has 1 fully saturated rings. The fourth-order valence-corrected chi connectivity index (χ4v) is 7.30. The van der Waals surface area contributed by atoms with Gasteiger partial charge in [0.2, 0.25) is 0 Å². The third-order valence-corrected chi connectivity index (χ3v) is 9.10. The van der Waals surface area contributed by atoms with E-state index in [0.717, 1.165) is 63.6 Å². The van der Waals surface area contributed by atoms with E-state index in [0.29, 0.717) is 18.3 Å². The maximum absolute atomic E-state index is 13.7. The van der Waals surface area contributed by atoms with Gasteiger partial charge in [-0.05, 0) is 94.0 Å². The summed E-state index contributed by atoms with van der Waals surface area (Å²) in [5, 5.41) is 7.15. The Hall–Kier alpha value is -1.59. The minimum atomic E-state index is -4.17. The van der Waals surface area contributed by atoms with E-state index < -0.39 is 16.2 Å². The molecular formula is C25H37N6NaO3S. The monoisotopic (exact) mass is 524 g/mol. The third-order valence-electron chi connectivity index (χ3n) is 7.63. The number of anilines is 2. The SMILES string of the molecule is CC(C)N1CCCC(N(c2cnn(C)c2)S(=O)(=O)NC(=O)Nc2c3c(cc4c2CCC4)CCC3)C1.[NaH]. The number of nitrogens with zero attached hydrogens (tertiary/aromatic N) is 4. The van der Waals surface area contributed by atoms with Crippen molar-refractivity contribution in [2.45, 2.75) is 77.3 Å². The first-order valence-corrected chi connectivity index (χ1v) is 14.2. The molecular weight excluding hydrogens is 487 g/mol. The molecule has 9 nitrogen and oxygen atoms in total. The van der Waals surface area contributed by atoms with Crippen molar-refractivity contribution in [1.29, 1.82) is 0 Å². The van der Waals surface area contributed by atoms with Crippen molar-refractivity contribution in [2.24, 2.45) is 7.05 Å². The molecule has 2 N–H and O–H groups in total. The van der Waals surface area contributed by atoms with Gasteiger partial charge in [0.25, 0.3) is 0 Å². The summed E-state index contributed by atoms with van der Waals surface area (Å²) < 4.78 is 32.6. The molecule has 0 saturated carbocycles. The molecule has 1 saturated heterocycles. The van der Waals surface area contributed by atoms with Crippen LogP contribution in [0.4, 0.5) is 16.2 Å². The number of rotatable bonds is 6. The van der Waals surface area contributed by atoms with Crippen LogP contribution in [0.5, 0.6) is 0 Å². The van der Waals surface area contributed by atoms with Crippen LogP contribution in [0.1, 0.15) is 61.8 Å². The van der Waals surface area contributed by atoms with E-state index in [1.54, 1.807) is 24.1 Å². The second-order valence-electron chi connectivity index (χ2n) is 10.3. The van der Waals surface area contributed by atoms with Crippen LogP contribution in [-0.4, -0.2) is 83.9 Å². The van der Waals surface area contributed by atoms with Crippen molar-refractivity contribution < 1.29 is 13.2 Å². The average Bonchev–Trinajstić information content (AvgIpc) is 3.54. The number of benzene rings is 1. The van der Waals surface area contributed by atoms with Gasteiger partial charge in [0.15, 0.2) is 0 Å². The Morgan fingerprint density at radius 3 is 2.36 bits per heavy atom. The van der Waals surface area contributed by atoms with Gasteiger partial charge >= 0.3 is 45.8 Å². The molecule has 1 aliphatic heterocycles. The van der Waals surface area contributed by atoms with E-state index in [9.17, 15) is 13.2 Å². The van der Waals surface area contributed by atoms with Crippen molar-refractivity contribution in [1.82, 2.24) is 19.4 Å². The molecule has 3 aliphatic rings. The number of piperidine rings is 1. The summed E-state index contributed by atoms with van der Waals surface area (Å²) in [6.45, 7) is 5.78. The number of nitrogens with one attached hydrogen (secondary N) is 2. The fourth-order valence-electron chi connectivity index (χ4n) is 5.98. The van der Waals surface area contributed by atoms with Crippen LogP contribution in [0.25, 0.3) is 0 Å². The molecule has 2 aromatic rings. The van der Waals surface area contributed by atoms with Gasteiger partial charge in [0.1, 0.15) is 0 Å². The molecule has 1 atom stereocenters. The van der Waals surface area contributed by atoms with Crippen LogP contribution in [-0.2, 0) is 42.9 Å². The first-order valence-electron chi connectivity index (χ1n) is 12.8. The van der Waals surface area contributed by atoms with Crippen LogP contribution in [0.15, 0.2) is 18.5 Å². The van der Waals surface area contributed by atoms with Gasteiger partial charge in [-0.3, -0.25) is 9.58 Å². The molecule has 5 rings (SSSR count). The van der Waals surface area contributed by atoms with Gasteiger partial charge in [-0.15, -0.1) is 0 Å². The Bertz CT molecular complexity index is 1200. The van der Waals surface area contributed by atoms with E-state index in [1.807, 2.05) is 0 Å². The van der Waals surface area contributed by atoms with E-state index in [-0.39, 0.29) is 35.6 Å². The van der Waals surface area contributed by atoms with Crippen molar-refractivity contribution in [3.8, 4) is 0 Å². The number of hydrogen-bond donors (Lipinski definition) is 2. The molecule has 1 aromatic heterocycles. The van der Waals surface area contributed by atoms with E-state index in [1.165, 1.54) is 26.6 Å². The average molecular weight is 525 g/mol. The summed E-state index contributed by atoms with van der Waals surface area (Å²) in [7, 11) is -2.41. The number of carbonyl (C=O) groups excluding carboxylic acids is 1. The molecule has 11 heteroatoms. The molecule has 0 spiro atoms. The van der Waals surface area contributed by atoms with Gasteiger partial charge in [-0.25, -0.2) is 13.8 Å². The molecule has 2 heterocycles. The van der Waals surface area contributed by atoms with Gasteiger partial charge in [-0.2, -0.15) is 13.5 Å². The van der Waals surface area contributed by atoms with Crippen LogP contribution in [0.2, 0.25) is 0 Å². The van der Waals surface area contributed by atoms with Gasteiger partial charge < -0.3 is 5.32 Å². The van der Waals surface area contributed by atoms with Crippen LogP contribution in [0, 0.1) is 0 Å². The third kappa shape index (κ3) is 5.48. The van der Waals surface area contributed by atoms with Crippen molar-refractivity contribution in [3.05, 3.63) is 40.7 Å². The Kier molecular flexibility index (Phi) is 8.41. The number of aromatic nitrogens is 2. The second kappa shape index (κ2) is 11.0. The van der Waals surface area contributed by atoms with E-state index >= 15 is 0 Å².